The van der Waals surface area contributed by atoms with Gasteiger partial charge >= 0.3 is 0 Å². The van der Waals surface area contributed by atoms with Crippen LogP contribution < -0.4 is 11.1 Å². The van der Waals surface area contributed by atoms with Crippen molar-refractivity contribution in [3.05, 3.63) is 51.7 Å². The van der Waals surface area contributed by atoms with Crippen LogP contribution in [0, 0.1) is 0 Å². The standard InChI is InChI=1S/C12H13ClN2S/c13-10-1-3-11(4-2-10)15-12(7-14)9-5-6-16-8-9/h1-6,8,12,15H,7,14H2. The van der Waals surface area contributed by atoms with Crippen LogP contribution in [0.4, 0.5) is 5.69 Å². The first-order valence-corrected chi connectivity index (χ1v) is 6.36. The molecule has 2 rings (SSSR count). The van der Waals surface area contributed by atoms with Crippen molar-refractivity contribution in [1.29, 1.82) is 0 Å². The zero-order valence-corrected chi connectivity index (χ0v) is 10.3. The summed E-state index contributed by atoms with van der Waals surface area (Å²) in [5.41, 5.74) is 8.02. The van der Waals surface area contributed by atoms with E-state index in [-0.39, 0.29) is 6.04 Å². The lowest BCUT2D eigenvalue weighted by molar-refractivity contribution is 0.794. The maximum atomic E-state index is 5.83. The Hall–Kier alpha value is -1.03. The SMILES string of the molecule is NCC(Nc1ccc(Cl)cc1)c1ccsc1. The third kappa shape index (κ3) is 2.76. The molecule has 1 heterocycles. The summed E-state index contributed by atoms with van der Waals surface area (Å²) in [4.78, 5) is 0. The van der Waals surface area contributed by atoms with Crippen molar-refractivity contribution >= 4 is 28.6 Å². The van der Waals surface area contributed by atoms with Gasteiger partial charge in [0.25, 0.3) is 0 Å². The van der Waals surface area contributed by atoms with E-state index in [0.717, 1.165) is 10.7 Å². The predicted octanol–water partition coefficient (Wildman–Crippen LogP) is 3.51. The number of nitrogens with one attached hydrogen (secondary N) is 1. The summed E-state index contributed by atoms with van der Waals surface area (Å²) in [6.45, 7) is 0.569. The first-order chi connectivity index (χ1) is 7.79. The van der Waals surface area contributed by atoms with E-state index in [1.54, 1.807) is 11.3 Å². The Morgan fingerprint density at radius 1 is 1.25 bits per heavy atom. The highest BCUT2D eigenvalue weighted by Gasteiger charge is 2.09. The Morgan fingerprint density at radius 3 is 2.56 bits per heavy atom. The summed E-state index contributed by atoms with van der Waals surface area (Å²) in [6.07, 6.45) is 0. The average Bonchev–Trinajstić information content (AvgIpc) is 2.82. The van der Waals surface area contributed by atoms with Crippen molar-refractivity contribution in [2.24, 2.45) is 5.73 Å². The van der Waals surface area contributed by atoms with Crippen LogP contribution >= 0.6 is 22.9 Å². The van der Waals surface area contributed by atoms with Gasteiger partial charge in [-0.05, 0) is 46.7 Å². The normalized spacial score (nSPS) is 12.4. The van der Waals surface area contributed by atoms with Gasteiger partial charge in [0.15, 0.2) is 0 Å². The third-order valence-corrected chi connectivity index (χ3v) is 3.32. The van der Waals surface area contributed by atoms with E-state index in [1.807, 2.05) is 24.3 Å². The molecule has 0 radical (unpaired) electrons. The Morgan fingerprint density at radius 2 is 2.00 bits per heavy atom. The van der Waals surface area contributed by atoms with Crippen LogP contribution in [0.3, 0.4) is 0 Å². The zero-order chi connectivity index (χ0) is 11.4. The van der Waals surface area contributed by atoms with Gasteiger partial charge in [-0.25, -0.2) is 0 Å². The van der Waals surface area contributed by atoms with E-state index < -0.39 is 0 Å². The maximum absolute atomic E-state index is 5.83. The van der Waals surface area contributed by atoms with Gasteiger partial charge in [0.1, 0.15) is 0 Å². The third-order valence-electron chi connectivity index (χ3n) is 2.37. The summed E-state index contributed by atoms with van der Waals surface area (Å²) >= 11 is 7.51. The van der Waals surface area contributed by atoms with E-state index >= 15 is 0 Å². The van der Waals surface area contributed by atoms with Gasteiger partial charge in [0, 0.05) is 17.3 Å². The molecule has 1 unspecified atom stereocenters. The van der Waals surface area contributed by atoms with Crippen LogP contribution in [0.5, 0.6) is 0 Å². The number of thiophene rings is 1. The number of nitrogens with two attached hydrogens (primary N) is 1. The molecule has 0 saturated heterocycles. The van der Waals surface area contributed by atoms with E-state index in [9.17, 15) is 0 Å². The highest BCUT2D eigenvalue weighted by molar-refractivity contribution is 7.08. The molecule has 2 aromatic rings. The summed E-state index contributed by atoms with van der Waals surface area (Å²) < 4.78 is 0. The van der Waals surface area contributed by atoms with Crippen molar-refractivity contribution in [2.75, 3.05) is 11.9 Å². The Bertz CT molecular complexity index is 425. The van der Waals surface area contributed by atoms with Gasteiger partial charge in [-0.2, -0.15) is 11.3 Å². The maximum Gasteiger partial charge on any atom is 0.0644 e. The van der Waals surface area contributed by atoms with Crippen molar-refractivity contribution < 1.29 is 0 Å². The lowest BCUT2D eigenvalue weighted by Crippen LogP contribution is -2.19. The minimum atomic E-state index is 0.160. The molecule has 0 spiro atoms. The number of hydrogen-bond donors (Lipinski definition) is 2. The van der Waals surface area contributed by atoms with Crippen LogP contribution in [-0.4, -0.2) is 6.54 Å². The predicted molar refractivity (Wildman–Crippen MR) is 71.2 cm³/mol. The first kappa shape index (κ1) is 11.5. The van der Waals surface area contributed by atoms with Gasteiger partial charge in [-0.15, -0.1) is 0 Å². The molecule has 0 saturated carbocycles. The molecule has 0 aliphatic carbocycles. The van der Waals surface area contributed by atoms with Gasteiger partial charge in [0.2, 0.25) is 0 Å². The monoisotopic (exact) mass is 252 g/mol. The Kier molecular flexibility index (Phi) is 3.83. The van der Waals surface area contributed by atoms with Crippen molar-refractivity contribution in [3.63, 3.8) is 0 Å². The summed E-state index contributed by atoms with van der Waals surface area (Å²) in [5, 5.41) is 8.29. The first-order valence-electron chi connectivity index (χ1n) is 5.04. The van der Waals surface area contributed by atoms with E-state index in [0.29, 0.717) is 6.54 Å². The van der Waals surface area contributed by atoms with Crippen molar-refractivity contribution in [2.45, 2.75) is 6.04 Å². The second kappa shape index (κ2) is 5.34. The van der Waals surface area contributed by atoms with Crippen molar-refractivity contribution in [3.8, 4) is 0 Å². The molecular weight excluding hydrogens is 240 g/mol. The highest BCUT2D eigenvalue weighted by atomic mass is 35.5. The molecule has 1 aromatic heterocycles. The molecule has 4 heteroatoms. The molecule has 16 heavy (non-hydrogen) atoms. The topological polar surface area (TPSA) is 38.0 Å². The molecule has 3 N–H and O–H groups in total. The minimum Gasteiger partial charge on any atom is -0.377 e. The Labute approximate surface area is 104 Å². The fourth-order valence-corrected chi connectivity index (χ4v) is 2.34. The van der Waals surface area contributed by atoms with Gasteiger partial charge in [-0.3, -0.25) is 0 Å². The average molecular weight is 253 g/mol. The van der Waals surface area contributed by atoms with Gasteiger partial charge in [0.05, 0.1) is 6.04 Å². The van der Waals surface area contributed by atoms with Crippen molar-refractivity contribution in [1.82, 2.24) is 0 Å². The van der Waals surface area contributed by atoms with Gasteiger partial charge < -0.3 is 11.1 Å². The van der Waals surface area contributed by atoms with E-state index in [4.69, 9.17) is 17.3 Å². The number of halogens is 1. The molecule has 0 amide bonds. The molecule has 0 fully saturated rings. The molecule has 2 nitrogen and oxygen atoms in total. The van der Waals surface area contributed by atoms with Crippen LogP contribution in [0.2, 0.25) is 5.02 Å². The smallest absolute Gasteiger partial charge is 0.0644 e. The highest BCUT2D eigenvalue weighted by Crippen LogP contribution is 2.22. The van der Waals surface area contributed by atoms with Gasteiger partial charge in [-0.1, -0.05) is 11.6 Å². The summed E-state index contributed by atoms with van der Waals surface area (Å²) in [7, 11) is 0. The van der Waals surface area contributed by atoms with E-state index in [2.05, 4.69) is 22.1 Å². The largest absolute Gasteiger partial charge is 0.377 e. The number of hydrogen-bond acceptors (Lipinski definition) is 3. The lowest BCUT2D eigenvalue weighted by Gasteiger charge is -2.17. The second-order valence-corrected chi connectivity index (χ2v) is 4.71. The number of rotatable bonds is 4. The molecule has 0 bridgehead atoms. The summed E-state index contributed by atoms with van der Waals surface area (Å²) in [5.74, 6) is 0. The molecule has 1 atom stereocenters. The van der Waals surface area contributed by atoms with Crippen LogP contribution in [0.1, 0.15) is 11.6 Å². The quantitative estimate of drug-likeness (QED) is 0.874. The van der Waals surface area contributed by atoms with Crippen LogP contribution in [0.15, 0.2) is 41.1 Å². The second-order valence-electron chi connectivity index (χ2n) is 3.50. The lowest BCUT2D eigenvalue weighted by atomic mass is 10.1. The number of benzene rings is 1. The van der Waals surface area contributed by atoms with Crippen LogP contribution in [0.25, 0.3) is 0 Å². The van der Waals surface area contributed by atoms with E-state index in [1.165, 1.54) is 5.56 Å². The van der Waals surface area contributed by atoms with Crippen LogP contribution in [-0.2, 0) is 0 Å². The fraction of sp³-hybridized carbons (Fsp3) is 0.167. The molecule has 1 aromatic carbocycles. The number of anilines is 1. The fourth-order valence-electron chi connectivity index (χ4n) is 1.50. The summed E-state index contributed by atoms with van der Waals surface area (Å²) in [6, 6.07) is 9.89. The Balaban J connectivity index is 2.10. The zero-order valence-electron chi connectivity index (χ0n) is 8.69. The molecule has 0 aliphatic heterocycles. The molecule has 0 aliphatic rings. The minimum absolute atomic E-state index is 0.160. The molecule has 84 valence electrons. The molecular formula is C12H13ClN2S.